The van der Waals surface area contributed by atoms with Crippen LogP contribution in [0.4, 0.5) is 10.1 Å². The average Bonchev–Trinajstić information content (AvgIpc) is 2.76. The molecule has 7 heteroatoms. The van der Waals surface area contributed by atoms with E-state index in [0.717, 1.165) is 23.1 Å². The third-order valence-electron chi connectivity index (χ3n) is 2.25. The molecule has 1 aromatic carbocycles. The molecule has 2 rings (SSSR count). The van der Waals surface area contributed by atoms with Gasteiger partial charge in [0.05, 0.1) is 9.80 Å². The quantitative estimate of drug-likeness (QED) is 0.483. The van der Waals surface area contributed by atoms with Crippen LogP contribution in [0, 0.1) is 15.9 Å². The van der Waals surface area contributed by atoms with E-state index in [1.807, 2.05) is 0 Å². The summed E-state index contributed by atoms with van der Waals surface area (Å²) in [5.74, 6) is -0.575. The third kappa shape index (κ3) is 3.18. The van der Waals surface area contributed by atoms with E-state index < -0.39 is 4.92 Å². The number of hydrogen-bond acceptors (Lipinski definition) is 5. The molecule has 0 unspecified atom stereocenters. The predicted octanol–water partition coefficient (Wildman–Crippen LogP) is 4.15. The number of thiophene rings is 1. The first-order valence-corrected chi connectivity index (χ1v) is 6.83. The van der Waals surface area contributed by atoms with Crippen molar-refractivity contribution in [3.05, 3.63) is 51.1 Å². The number of ketones is 1. The Hall–Kier alpha value is -1.73. The molecule has 0 amide bonds. The number of rotatable bonds is 4. The van der Waals surface area contributed by atoms with E-state index in [-0.39, 0.29) is 17.3 Å². The van der Waals surface area contributed by atoms with Gasteiger partial charge in [-0.3, -0.25) is 14.9 Å². The fraction of sp³-hybridized carbons (Fsp3) is 0.0833. The van der Waals surface area contributed by atoms with E-state index in [4.69, 9.17) is 0 Å². The van der Waals surface area contributed by atoms with Crippen LogP contribution >= 0.6 is 23.1 Å². The maximum absolute atomic E-state index is 12.8. The zero-order valence-corrected chi connectivity index (χ0v) is 11.4. The Morgan fingerprint density at radius 3 is 2.53 bits per heavy atom. The lowest BCUT2D eigenvalue weighted by Gasteiger charge is -1.98. The van der Waals surface area contributed by atoms with Crippen LogP contribution in [0.1, 0.15) is 16.6 Å². The van der Waals surface area contributed by atoms with Gasteiger partial charge < -0.3 is 0 Å². The smallest absolute Gasteiger partial charge is 0.294 e. The summed E-state index contributed by atoms with van der Waals surface area (Å²) < 4.78 is 13.2. The first-order valence-electron chi connectivity index (χ1n) is 5.20. The molecule has 0 bridgehead atoms. The Bertz CT molecular complexity index is 637. The Morgan fingerprint density at radius 1 is 1.37 bits per heavy atom. The normalized spacial score (nSPS) is 10.4. The van der Waals surface area contributed by atoms with Crippen molar-refractivity contribution in [3.63, 3.8) is 0 Å². The van der Waals surface area contributed by atoms with Crippen LogP contribution in [0.3, 0.4) is 0 Å². The highest BCUT2D eigenvalue weighted by Gasteiger charge is 2.21. The topological polar surface area (TPSA) is 60.2 Å². The summed E-state index contributed by atoms with van der Waals surface area (Å²) in [4.78, 5) is 22.7. The van der Waals surface area contributed by atoms with E-state index in [2.05, 4.69) is 0 Å². The fourth-order valence-electron chi connectivity index (χ4n) is 1.35. The van der Waals surface area contributed by atoms with Gasteiger partial charge in [-0.15, -0.1) is 11.3 Å². The van der Waals surface area contributed by atoms with Gasteiger partial charge in [-0.05, 0) is 31.2 Å². The Kier molecular flexibility index (Phi) is 3.96. The molecule has 19 heavy (non-hydrogen) atoms. The van der Waals surface area contributed by atoms with Crippen LogP contribution < -0.4 is 0 Å². The molecule has 0 aliphatic carbocycles. The lowest BCUT2D eigenvalue weighted by molar-refractivity contribution is -0.387. The average molecular weight is 297 g/mol. The van der Waals surface area contributed by atoms with Crippen molar-refractivity contribution in [3.8, 4) is 0 Å². The van der Waals surface area contributed by atoms with Crippen LogP contribution in [-0.4, -0.2) is 10.7 Å². The molecule has 2 aromatic rings. The molecule has 1 aromatic heterocycles. The molecule has 0 spiro atoms. The first kappa shape index (κ1) is 13.7. The Labute approximate surface area is 116 Å². The maximum Gasteiger partial charge on any atom is 0.294 e. The number of halogens is 1. The SMILES string of the molecule is CC(=O)c1cc([N+](=O)[O-])c(Sc2ccc(F)cc2)s1. The zero-order chi connectivity index (χ0) is 14.0. The number of hydrogen-bond donors (Lipinski definition) is 0. The highest BCUT2D eigenvalue weighted by molar-refractivity contribution is 8.01. The Balaban J connectivity index is 2.35. The lowest BCUT2D eigenvalue weighted by Crippen LogP contribution is -1.87. The number of carbonyl (C=O) groups excluding carboxylic acids is 1. The van der Waals surface area contributed by atoms with Gasteiger partial charge in [0.25, 0.3) is 5.69 Å². The molecule has 98 valence electrons. The molecule has 4 nitrogen and oxygen atoms in total. The molecule has 0 aliphatic heterocycles. The van der Waals surface area contributed by atoms with Crippen molar-refractivity contribution < 1.29 is 14.1 Å². The summed E-state index contributed by atoms with van der Waals surface area (Å²) in [6.07, 6.45) is 0. The van der Waals surface area contributed by atoms with Crippen LogP contribution in [-0.2, 0) is 0 Å². The maximum atomic E-state index is 12.8. The minimum Gasteiger partial charge on any atom is -0.294 e. The zero-order valence-electron chi connectivity index (χ0n) is 9.75. The van der Waals surface area contributed by atoms with Crippen molar-refractivity contribution >= 4 is 34.6 Å². The third-order valence-corrected chi connectivity index (χ3v) is 4.67. The molecule has 0 saturated carbocycles. The summed E-state index contributed by atoms with van der Waals surface area (Å²) in [5.41, 5.74) is -0.0930. The summed E-state index contributed by atoms with van der Waals surface area (Å²) in [6, 6.07) is 6.92. The standard InChI is InChI=1S/C12H8FNO3S2/c1-7(15)11-6-10(14(16)17)12(19-11)18-9-4-2-8(13)3-5-9/h2-6H,1H3. The van der Waals surface area contributed by atoms with E-state index in [1.54, 1.807) is 0 Å². The summed E-state index contributed by atoms with van der Waals surface area (Å²) in [7, 11) is 0. The van der Waals surface area contributed by atoms with Gasteiger partial charge in [-0.2, -0.15) is 0 Å². The summed E-state index contributed by atoms with van der Waals surface area (Å²) in [6.45, 7) is 1.36. The molecule has 0 radical (unpaired) electrons. The molecule has 0 N–H and O–H groups in total. The van der Waals surface area contributed by atoms with Gasteiger partial charge in [0.1, 0.15) is 10.0 Å². The lowest BCUT2D eigenvalue weighted by atomic mass is 10.3. The minimum absolute atomic E-state index is 0.0930. The second-order valence-corrected chi connectivity index (χ2v) is 6.05. The van der Waals surface area contributed by atoms with E-state index in [1.165, 1.54) is 37.3 Å². The highest BCUT2D eigenvalue weighted by atomic mass is 32.2. The second kappa shape index (κ2) is 5.50. The van der Waals surface area contributed by atoms with E-state index >= 15 is 0 Å². The molecule has 1 heterocycles. The van der Waals surface area contributed by atoms with Gasteiger partial charge in [0.2, 0.25) is 0 Å². The number of nitro groups is 1. The van der Waals surface area contributed by atoms with Crippen LogP contribution in [0.5, 0.6) is 0 Å². The minimum atomic E-state index is -0.519. The second-order valence-electron chi connectivity index (χ2n) is 3.65. The molecule has 0 atom stereocenters. The molecular weight excluding hydrogens is 289 g/mol. The number of carbonyl (C=O) groups is 1. The van der Waals surface area contributed by atoms with Crippen LogP contribution in [0.25, 0.3) is 0 Å². The molecule has 0 aliphatic rings. The van der Waals surface area contributed by atoms with Gasteiger partial charge in [0, 0.05) is 11.0 Å². The molecule has 0 saturated heterocycles. The van der Waals surface area contributed by atoms with Crippen molar-refractivity contribution in [2.24, 2.45) is 0 Å². The monoisotopic (exact) mass is 297 g/mol. The van der Waals surface area contributed by atoms with Crippen molar-refractivity contribution in [2.75, 3.05) is 0 Å². The number of nitrogens with zero attached hydrogens (tertiary/aromatic N) is 1. The molecule has 0 fully saturated rings. The largest absolute Gasteiger partial charge is 0.294 e. The van der Waals surface area contributed by atoms with Gasteiger partial charge in [-0.25, -0.2) is 4.39 Å². The Morgan fingerprint density at radius 2 is 2.00 bits per heavy atom. The van der Waals surface area contributed by atoms with Gasteiger partial charge >= 0.3 is 0 Å². The van der Waals surface area contributed by atoms with Crippen LogP contribution in [0.15, 0.2) is 39.4 Å². The van der Waals surface area contributed by atoms with Gasteiger partial charge in [0.15, 0.2) is 5.78 Å². The first-order chi connectivity index (χ1) is 8.97. The number of Topliss-reactive ketones (excluding diaryl/α,β-unsaturated/α-hetero) is 1. The van der Waals surface area contributed by atoms with Crippen molar-refractivity contribution in [2.45, 2.75) is 16.0 Å². The summed E-state index contributed by atoms with van der Waals surface area (Å²) in [5, 5.41) is 10.9. The fourth-order valence-corrected chi connectivity index (χ4v) is 3.55. The summed E-state index contributed by atoms with van der Waals surface area (Å²) >= 11 is 2.22. The number of benzene rings is 1. The van der Waals surface area contributed by atoms with E-state index in [0.29, 0.717) is 14.0 Å². The highest BCUT2D eigenvalue weighted by Crippen LogP contribution is 2.41. The van der Waals surface area contributed by atoms with Gasteiger partial charge in [-0.1, -0.05) is 11.8 Å². The van der Waals surface area contributed by atoms with Crippen LogP contribution in [0.2, 0.25) is 0 Å². The van der Waals surface area contributed by atoms with Crippen molar-refractivity contribution in [1.29, 1.82) is 0 Å². The van der Waals surface area contributed by atoms with E-state index in [9.17, 15) is 19.3 Å². The molecular formula is C12H8FNO3S2. The van der Waals surface area contributed by atoms with Crippen molar-refractivity contribution in [1.82, 2.24) is 0 Å². The predicted molar refractivity (Wildman–Crippen MR) is 71.5 cm³/mol.